The molecule has 0 amide bonds. The van der Waals surface area contributed by atoms with Crippen molar-refractivity contribution in [3.63, 3.8) is 0 Å². The second-order valence-corrected chi connectivity index (χ2v) is 5.59. The van der Waals surface area contributed by atoms with Crippen LogP contribution in [0, 0.1) is 0 Å². The first-order chi connectivity index (χ1) is 10.3. The van der Waals surface area contributed by atoms with Crippen LogP contribution in [0.1, 0.15) is 49.0 Å². The second kappa shape index (κ2) is 6.68. The average molecular weight is 283 g/mol. The lowest BCUT2D eigenvalue weighted by atomic mass is 10.0. The molecule has 1 saturated carbocycles. The van der Waals surface area contributed by atoms with Crippen LogP contribution in [0.4, 0.5) is 5.95 Å². The highest BCUT2D eigenvalue weighted by atomic mass is 16.3. The van der Waals surface area contributed by atoms with E-state index in [2.05, 4.69) is 15.3 Å². The number of rotatable bonds is 5. The zero-order chi connectivity index (χ0) is 14.5. The molecule has 2 aromatic rings. The number of nitrogens with zero attached hydrogens (tertiary/aromatic N) is 2. The van der Waals surface area contributed by atoms with Gasteiger partial charge in [-0.2, -0.15) is 0 Å². The maximum Gasteiger partial charge on any atom is 0.222 e. The summed E-state index contributed by atoms with van der Waals surface area (Å²) in [6, 6.07) is 11.6. The van der Waals surface area contributed by atoms with Crippen LogP contribution in [0.15, 0.2) is 42.6 Å². The molecule has 1 aliphatic carbocycles. The van der Waals surface area contributed by atoms with Gasteiger partial charge in [0.2, 0.25) is 5.95 Å². The topological polar surface area (TPSA) is 58.0 Å². The molecule has 0 bridgehead atoms. The summed E-state index contributed by atoms with van der Waals surface area (Å²) >= 11 is 0. The third-order valence-corrected chi connectivity index (χ3v) is 4.09. The first-order valence-corrected chi connectivity index (χ1v) is 7.63. The largest absolute Gasteiger partial charge is 0.387 e. The van der Waals surface area contributed by atoms with Crippen molar-refractivity contribution in [2.24, 2.45) is 0 Å². The molecule has 110 valence electrons. The van der Waals surface area contributed by atoms with E-state index in [4.69, 9.17) is 0 Å². The number of aliphatic hydroxyl groups excluding tert-OH is 1. The van der Waals surface area contributed by atoms with Crippen LogP contribution in [-0.2, 0) is 0 Å². The van der Waals surface area contributed by atoms with Crippen molar-refractivity contribution >= 4 is 5.95 Å². The first-order valence-electron chi connectivity index (χ1n) is 7.63. The molecule has 0 saturated heterocycles. The molecule has 0 spiro atoms. The summed E-state index contributed by atoms with van der Waals surface area (Å²) in [5.74, 6) is 1.18. The van der Waals surface area contributed by atoms with Crippen LogP contribution in [0.25, 0.3) is 0 Å². The molecule has 2 N–H and O–H groups in total. The predicted molar refractivity (Wildman–Crippen MR) is 83.1 cm³/mol. The van der Waals surface area contributed by atoms with E-state index in [0.29, 0.717) is 18.4 Å². The molecule has 1 atom stereocenters. The molecule has 1 fully saturated rings. The minimum absolute atomic E-state index is 0.415. The Morgan fingerprint density at radius 2 is 1.90 bits per heavy atom. The normalized spacial score (nSPS) is 16.8. The van der Waals surface area contributed by atoms with Gasteiger partial charge in [0, 0.05) is 24.4 Å². The molecule has 21 heavy (non-hydrogen) atoms. The summed E-state index contributed by atoms with van der Waals surface area (Å²) in [6.07, 6.45) is 6.29. The minimum Gasteiger partial charge on any atom is -0.387 e. The lowest BCUT2D eigenvalue weighted by molar-refractivity contribution is 0.191. The summed E-state index contributed by atoms with van der Waals surface area (Å²) in [4.78, 5) is 8.83. The number of hydrogen-bond acceptors (Lipinski definition) is 4. The Kier molecular flexibility index (Phi) is 4.46. The van der Waals surface area contributed by atoms with Gasteiger partial charge in [-0.15, -0.1) is 0 Å². The fourth-order valence-electron chi connectivity index (χ4n) is 2.89. The summed E-state index contributed by atoms with van der Waals surface area (Å²) < 4.78 is 0. The van der Waals surface area contributed by atoms with E-state index in [1.807, 2.05) is 36.4 Å². The van der Waals surface area contributed by atoms with Crippen LogP contribution in [-0.4, -0.2) is 21.6 Å². The Bertz CT molecular complexity index is 567. The Morgan fingerprint density at radius 1 is 1.14 bits per heavy atom. The highest BCUT2D eigenvalue weighted by molar-refractivity contribution is 5.28. The lowest BCUT2D eigenvalue weighted by Crippen LogP contribution is -2.14. The van der Waals surface area contributed by atoms with E-state index in [1.165, 1.54) is 25.7 Å². The van der Waals surface area contributed by atoms with Crippen molar-refractivity contribution in [2.75, 3.05) is 11.9 Å². The number of aliphatic hydroxyl groups is 1. The van der Waals surface area contributed by atoms with E-state index in [-0.39, 0.29) is 0 Å². The van der Waals surface area contributed by atoms with Gasteiger partial charge in [0.25, 0.3) is 0 Å². The van der Waals surface area contributed by atoms with E-state index in [9.17, 15) is 5.11 Å². The smallest absolute Gasteiger partial charge is 0.222 e. The monoisotopic (exact) mass is 283 g/mol. The van der Waals surface area contributed by atoms with Gasteiger partial charge >= 0.3 is 0 Å². The molecule has 0 aliphatic heterocycles. The van der Waals surface area contributed by atoms with Gasteiger partial charge in [-0.1, -0.05) is 43.2 Å². The molecule has 3 rings (SSSR count). The summed E-state index contributed by atoms with van der Waals surface area (Å²) in [5, 5.41) is 13.3. The number of nitrogens with one attached hydrogen (secondary N) is 1. The highest BCUT2D eigenvalue weighted by Gasteiger charge is 2.18. The number of hydrogen-bond donors (Lipinski definition) is 2. The molecule has 1 unspecified atom stereocenters. The molecular formula is C17H21N3O. The third kappa shape index (κ3) is 3.58. The van der Waals surface area contributed by atoms with Gasteiger partial charge in [0.15, 0.2) is 0 Å². The van der Waals surface area contributed by atoms with Gasteiger partial charge in [0.05, 0.1) is 6.10 Å². The molecular weight excluding hydrogens is 262 g/mol. The van der Waals surface area contributed by atoms with Crippen molar-refractivity contribution in [3.05, 3.63) is 53.9 Å². The highest BCUT2D eigenvalue weighted by Crippen LogP contribution is 2.32. The zero-order valence-electron chi connectivity index (χ0n) is 12.1. The maximum atomic E-state index is 10.1. The molecule has 1 aromatic carbocycles. The predicted octanol–water partition coefficient (Wildman–Crippen LogP) is 3.28. The van der Waals surface area contributed by atoms with E-state index >= 15 is 0 Å². The van der Waals surface area contributed by atoms with Gasteiger partial charge in [-0.05, 0) is 24.5 Å². The van der Waals surface area contributed by atoms with Crippen molar-refractivity contribution in [2.45, 2.75) is 37.7 Å². The van der Waals surface area contributed by atoms with Crippen LogP contribution >= 0.6 is 0 Å². The summed E-state index contributed by atoms with van der Waals surface area (Å²) in [7, 11) is 0. The lowest BCUT2D eigenvalue weighted by Gasteiger charge is -2.13. The molecule has 1 aliphatic rings. The Morgan fingerprint density at radius 3 is 2.67 bits per heavy atom. The number of benzene rings is 1. The third-order valence-electron chi connectivity index (χ3n) is 4.09. The van der Waals surface area contributed by atoms with Crippen LogP contribution in [0.5, 0.6) is 0 Å². The molecule has 4 nitrogen and oxygen atoms in total. The van der Waals surface area contributed by atoms with Gasteiger partial charge in [-0.25, -0.2) is 9.97 Å². The van der Waals surface area contributed by atoms with E-state index in [1.54, 1.807) is 6.20 Å². The van der Waals surface area contributed by atoms with Crippen LogP contribution < -0.4 is 5.32 Å². The van der Waals surface area contributed by atoms with Gasteiger partial charge in [0.1, 0.15) is 0 Å². The quantitative estimate of drug-likeness (QED) is 0.884. The van der Waals surface area contributed by atoms with Crippen molar-refractivity contribution in [1.82, 2.24) is 9.97 Å². The molecule has 1 aromatic heterocycles. The fourth-order valence-corrected chi connectivity index (χ4v) is 2.89. The number of aromatic nitrogens is 2. The first kappa shape index (κ1) is 14.0. The van der Waals surface area contributed by atoms with Crippen molar-refractivity contribution in [1.29, 1.82) is 0 Å². The van der Waals surface area contributed by atoms with E-state index in [0.717, 1.165) is 11.3 Å². The SMILES string of the molecule is OC(CNc1nccc(C2CCCC2)n1)c1ccccc1. The molecule has 4 heteroatoms. The second-order valence-electron chi connectivity index (χ2n) is 5.59. The number of anilines is 1. The van der Waals surface area contributed by atoms with E-state index < -0.39 is 6.10 Å². The Labute approximate surface area is 125 Å². The van der Waals surface area contributed by atoms with Crippen molar-refractivity contribution in [3.8, 4) is 0 Å². The van der Waals surface area contributed by atoms with Gasteiger partial charge < -0.3 is 10.4 Å². The Hall–Kier alpha value is -1.94. The zero-order valence-corrected chi connectivity index (χ0v) is 12.1. The van der Waals surface area contributed by atoms with Crippen LogP contribution in [0.3, 0.4) is 0 Å². The average Bonchev–Trinajstić information content (AvgIpc) is 3.08. The molecule has 1 heterocycles. The van der Waals surface area contributed by atoms with Crippen LogP contribution in [0.2, 0.25) is 0 Å². The minimum atomic E-state index is -0.551. The summed E-state index contributed by atoms with van der Waals surface area (Å²) in [5.41, 5.74) is 2.02. The molecule has 0 radical (unpaired) electrons. The fraction of sp³-hybridized carbons (Fsp3) is 0.412. The Balaban J connectivity index is 1.61. The van der Waals surface area contributed by atoms with Gasteiger partial charge in [-0.3, -0.25) is 0 Å². The standard InChI is InChI=1S/C17H21N3O/c21-16(14-8-2-1-3-9-14)12-19-17-18-11-10-15(20-17)13-6-4-5-7-13/h1-3,8-11,13,16,21H,4-7,12H2,(H,18,19,20). The van der Waals surface area contributed by atoms with Crippen molar-refractivity contribution < 1.29 is 5.11 Å². The summed E-state index contributed by atoms with van der Waals surface area (Å²) in [6.45, 7) is 0.415. The maximum absolute atomic E-state index is 10.1.